The van der Waals surface area contributed by atoms with Crippen molar-refractivity contribution in [1.29, 1.82) is 0 Å². The van der Waals surface area contributed by atoms with Crippen molar-refractivity contribution in [3.05, 3.63) is 33.6 Å². The third-order valence-corrected chi connectivity index (χ3v) is 3.42. The molecule has 108 valence electrons. The van der Waals surface area contributed by atoms with Gasteiger partial charge in [-0.2, -0.15) is 0 Å². The number of nitrogens with one attached hydrogen (secondary N) is 1. The van der Waals surface area contributed by atoms with E-state index in [-0.39, 0.29) is 0 Å². The molecule has 1 N–H and O–H groups in total. The van der Waals surface area contributed by atoms with E-state index < -0.39 is 0 Å². The molecule has 2 rings (SSSR count). The first-order valence-electron chi connectivity index (χ1n) is 6.68. The summed E-state index contributed by atoms with van der Waals surface area (Å²) in [6.45, 7) is 4.17. The molecule has 0 atom stereocenters. The van der Waals surface area contributed by atoms with Gasteiger partial charge in [0.2, 0.25) is 11.8 Å². The van der Waals surface area contributed by atoms with Gasteiger partial charge < -0.3 is 9.73 Å². The number of rotatable bonds is 7. The molecule has 1 aromatic carbocycles. The molecule has 0 saturated heterocycles. The minimum absolute atomic E-state index is 0.504. The van der Waals surface area contributed by atoms with Crippen molar-refractivity contribution < 1.29 is 4.42 Å². The van der Waals surface area contributed by atoms with E-state index in [1.807, 2.05) is 18.2 Å². The molecular formula is C14H17BrClN3O. The number of nitrogens with zero attached hydrogens (tertiary/aromatic N) is 2. The van der Waals surface area contributed by atoms with Crippen LogP contribution in [0.1, 0.15) is 25.7 Å². The Hall–Kier alpha value is -0.910. The summed E-state index contributed by atoms with van der Waals surface area (Å²) in [5.74, 6) is 1.17. The number of halogens is 2. The molecule has 1 heterocycles. The van der Waals surface area contributed by atoms with Crippen LogP contribution in [-0.4, -0.2) is 23.3 Å². The number of aryl methyl sites for hydroxylation is 1. The largest absolute Gasteiger partial charge is 0.421 e. The van der Waals surface area contributed by atoms with E-state index in [0.29, 0.717) is 16.8 Å². The Balaban J connectivity index is 1.94. The summed E-state index contributed by atoms with van der Waals surface area (Å²) in [5, 5.41) is 12.1. The van der Waals surface area contributed by atoms with Gasteiger partial charge in [-0.3, -0.25) is 0 Å². The maximum absolute atomic E-state index is 6.01. The van der Waals surface area contributed by atoms with Crippen LogP contribution in [0, 0.1) is 0 Å². The zero-order chi connectivity index (χ0) is 14.4. The molecule has 0 aliphatic heterocycles. The highest BCUT2D eigenvalue weighted by molar-refractivity contribution is 9.10. The van der Waals surface area contributed by atoms with Crippen molar-refractivity contribution in [3.8, 4) is 11.5 Å². The van der Waals surface area contributed by atoms with Gasteiger partial charge in [0.1, 0.15) is 0 Å². The van der Waals surface area contributed by atoms with Crippen LogP contribution in [-0.2, 0) is 6.42 Å². The van der Waals surface area contributed by atoms with E-state index in [1.54, 1.807) is 0 Å². The van der Waals surface area contributed by atoms with E-state index in [4.69, 9.17) is 16.0 Å². The standard InChI is InChI=1S/C14H17BrClN3O/c1-2-5-17-6-3-4-13-18-19-14(20-13)10-7-11(15)9-12(16)8-10/h7-9,17H,2-6H2,1H3. The number of hydrogen-bond acceptors (Lipinski definition) is 4. The average Bonchev–Trinajstić information content (AvgIpc) is 2.86. The minimum atomic E-state index is 0.504. The van der Waals surface area contributed by atoms with Crippen LogP contribution in [0.5, 0.6) is 0 Å². The van der Waals surface area contributed by atoms with Crippen LogP contribution in [0.15, 0.2) is 27.1 Å². The summed E-state index contributed by atoms with van der Waals surface area (Å²) in [6, 6.07) is 5.54. The normalized spacial score (nSPS) is 10.9. The quantitative estimate of drug-likeness (QED) is 0.758. The maximum atomic E-state index is 6.01. The van der Waals surface area contributed by atoms with Crippen molar-refractivity contribution in [2.45, 2.75) is 26.2 Å². The Morgan fingerprint density at radius 2 is 2.10 bits per heavy atom. The Bertz CT molecular complexity index is 539. The van der Waals surface area contributed by atoms with Crippen molar-refractivity contribution in [2.24, 2.45) is 0 Å². The van der Waals surface area contributed by atoms with Crippen molar-refractivity contribution >= 4 is 27.5 Å². The molecule has 0 saturated carbocycles. The lowest BCUT2D eigenvalue weighted by atomic mass is 10.2. The molecule has 1 aromatic heterocycles. The monoisotopic (exact) mass is 357 g/mol. The van der Waals surface area contributed by atoms with Crippen molar-refractivity contribution in [2.75, 3.05) is 13.1 Å². The van der Waals surface area contributed by atoms with E-state index in [2.05, 4.69) is 38.4 Å². The van der Waals surface area contributed by atoms with Crippen molar-refractivity contribution in [1.82, 2.24) is 15.5 Å². The van der Waals surface area contributed by atoms with Gasteiger partial charge in [-0.25, -0.2) is 0 Å². The molecule has 4 nitrogen and oxygen atoms in total. The molecule has 20 heavy (non-hydrogen) atoms. The van der Waals surface area contributed by atoms with Crippen LogP contribution in [0.4, 0.5) is 0 Å². The molecule has 0 bridgehead atoms. The van der Waals surface area contributed by atoms with Gasteiger partial charge in [-0.05, 0) is 44.1 Å². The van der Waals surface area contributed by atoms with E-state index in [9.17, 15) is 0 Å². The maximum Gasteiger partial charge on any atom is 0.247 e. The molecule has 2 aromatic rings. The molecule has 0 fully saturated rings. The van der Waals surface area contributed by atoms with E-state index >= 15 is 0 Å². The highest BCUT2D eigenvalue weighted by Gasteiger charge is 2.09. The topological polar surface area (TPSA) is 51.0 Å². The molecule has 6 heteroatoms. The van der Waals surface area contributed by atoms with Gasteiger partial charge in [-0.1, -0.05) is 34.5 Å². The molecule has 0 aliphatic carbocycles. The second-order valence-electron chi connectivity index (χ2n) is 4.51. The Kier molecular flexibility index (Phi) is 6.01. The molecule has 0 unspecified atom stereocenters. The number of hydrogen-bond donors (Lipinski definition) is 1. The summed E-state index contributed by atoms with van der Waals surface area (Å²) in [7, 11) is 0. The van der Waals surface area contributed by atoms with E-state index in [1.165, 1.54) is 0 Å². The zero-order valence-electron chi connectivity index (χ0n) is 11.3. The van der Waals surface area contributed by atoms with Gasteiger partial charge in [-0.15, -0.1) is 10.2 Å². The third-order valence-electron chi connectivity index (χ3n) is 2.75. The number of benzene rings is 1. The van der Waals surface area contributed by atoms with Gasteiger partial charge in [0.25, 0.3) is 0 Å². The first kappa shape index (κ1) is 15.5. The lowest BCUT2D eigenvalue weighted by Crippen LogP contribution is -2.16. The molecule has 0 radical (unpaired) electrons. The van der Waals surface area contributed by atoms with Gasteiger partial charge in [0.15, 0.2) is 0 Å². The molecular weight excluding hydrogens is 342 g/mol. The fraction of sp³-hybridized carbons (Fsp3) is 0.429. The highest BCUT2D eigenvalue weighted by Crippen LogP contribution is 2.26. The zero-order valence-corrected chi connectivity index (χ0v) is 13.7. The fourth-order valence-corrected chi connectivity index (χ4v) is 2.68. The third kappa shape index (κ3) is 4.58. The second-order valence-corrected chi connectivity index (χ2v) is 5.86. The minimum Gasteiger partial charge on any atom is -0.421 e. The van der Waals surface area contributed by atoms with Crippen LogP contribution in [0.25, 0.3) is 11.5 Å². The molecule has 0 aliphatic rings. The summed E-state index contributed by atoms with van der Waals surface area (Å²) in [5.41, 5.74) is 0.826. The Morgan fingerprint density at radius 3 is 2.85 bits per heavy atom. The van der Waals surface area contributed by atoms with Crippen molar-refractivity contribution in [3.63, 3.8) is 0 Å². The van der Waals surface area contributed by atoms with Crippen LogP contribution in [0.3, 0.4) is 0 Å². The Labute approximate surface area is 132 Å². The van der Waals surface area contributed by atoms with Gasteiger partial charge in [0, 0.05) is 21.5 Å². The van der Waals surface area contributed by atoms with Gasteiger partial charge in [0.05, 0.1) is 0 Å². The van der Waals surface area contributed by atoms with Gasteiger partial charge >= 0.3 is 0 Å². The summed E-state index contributed by atoms with van der Waals surface area (Å²) in [6.07, 6.45) is 2.92. The molecule has 0 amide bonds. The average molecular weight is 359 g/mol. The van der Waals surface area contributed by atoms with Crippen LogP contribution >= 0.6 is 27.5 Å². The lowest BCUT2D eigenvalue weighted by Gasteiger charge is -2.00. The summed E-state index contributed by atoms with van der Waals surface area (Å²) < 4.78 is 6.55. The first-order valence-corrected chi connectivity index (χ1v) is 7.85. The predicted octanol–water partition coefficient (Wildman–Crippen LogP) is 4.08. The molecule has 0 spiro atoms. The number of aromatic nitrogens is 2. The Morgan fingerprint density at radius 1 is 1.25 bits per heavy atom. The van der Waals surface area contributed by atoms with Crippen LogP contribution in [0.2, 0.25) is 5.02 Å². The summed E-state index contributed by atoms with van der Waals surface area (Å²) in [4.78, 5) is 0. The smallest absolute Gasteiger partial charge is 0.247 e. The highest BCUT2D eigenvalue weighted by atomic mass is 79.9. The first-order chi connectivity index (χ1) is 9.69. The SMILES string of the molecule is CCCNCCCc1nnc(-c2cc(Cl)cc(Br)c2)o1. The van der Waals surface area contributed by atoms with Crippen LogP contribution < -0.4 is 5.32 Å². The fourth-order valence-electron chi connectivity index (χ4n) is 1.81. The second kappa shape index (κ2) is 7.76. The van der Waals surface area contributed by atoms with E-state index in [0.717, 1.165) is 42.4 Å². The predicted molar refractivity (Wildman–Crippen MR) is 83.9 cm³/mol. The summed E-state index contributed by atoms with van der Waals surface area (Å²) >= 11 is 9.41. The lowest BCUT2D eigenvalue weighted by molar-refractivity contribution is 0.491.